The summed E-state index contributed by atoms with van der Waals surface area (Å²) in [4.78, 5) is 12.5. The molecule has 0 unspecified atom stereocenters. The fourth-order valence-corrected chi connectivity index (χ4v) is 3.01. The summed E-state index contributed by atoms with van der Waals surface area (Å²) in [5, 5.41) is 2.68. The molecule has 0 aromatic heterocycles. The van der Waals surface area contributed by atoms with Gasteiger partial charge in [0.05, 0.1) is 4.90 Å². The van der Waals surface area contributed by atoms with E-state index in [9.17, 15) is 13.2 Å². The Kier molecular flexibility index (Phi) is 5.76. The molecule has 0 aliphatic heterocycles. The molecule has 0 saturated heterocycles. The maximum absolute atomic E-state index is 12.3. The Morgan fingerprint density at radius 1 is 1.08 bits per heavy atom. The van der Waals surface area contributed by atoms with E-state index in [-0.39, 0.29) is 16.2 Å². The molecule has 1 N–H and O–H groups in total. The van der Waals surface area contributed by atoms with Crippen LogP contribution in [0, 0.1) is 0 Å². The summed E-state index contributed by atoms with van der Waals surface area (Å²) in [6.07, 6.45) is 0.401. The number of rotatable bonds is 5. The average Bonchev–Trinajstić information content (AvgIpc) is 2.54. The zero-order valence-electron chi connectivity index (χ0n) is 15.7. The van der Waals surface area contributed by atoms with Crippen LogP contribution in [0.5, 0.6) is 5.75 Å². The highest BCUT2D eigenvalue weighted by Crippen LogP contribution is 2.25. The van der Waals surface area contributed by atoms with Crippen LogP contribution >= 0.6 is 0 Å². The van der Waals surface area contributed by atoms with Gasteiger partial charge < -0.3 is 10.1 Å². The van der Waals surface area contributed by atoms with Gasteiger partial charge in [-0.1, -0.05) is 39.0 Å². The molecule has 2 aromatic carbocycles. The Morgan fingerprint density at radius 3 is 2.23 bits per heavy atom. The molecule has 1 amide bonds. The fourth-order valence-electron chi connectivity index (χ4n) is 2.34. The highest BCUT2D eigenvalue weighted by molar-refractivity contribution is 7.90. The number of hydrogen-bond donors (Lipinski definition) is 1. The van der Waals surface area contributed by atoms with Gasteiger partial charge in [0.15, 0.2) is 15.9 Å². The second kappa shape index (κ2) is 7.50. The van der Waals surface area contributed by atoms with Crippen molar-refractivity contribution < 1.29 is 17.9 Å². The number of amides is 1. The van der Waals surface area contributed by atoms with E-state index in [1.165, 1.54) is 17.7 Å². The smallest absolute Gasteiger partial charge is 0.265 e. The molecule has 0 heterocycles. The van der Waals surface area contributed by atoms with Crippen LogP contribution in [0.15, 0.2) is 53.4 Å². The van der Waals surface area contributed by atoms with Crippen molar-refractivity contribution in [3.63, 3.8) is 0 Å². The van der Waals surface area contributed by atoms with Gasteiger partial charge >= 0.3 is 0 Å². The van der Waals surface area contributed by atoms with Crippen LogP contribution in [0.25, 0.3) is 0 Å². The molecule has 0 fully saturated rings. The van der Waals surface area contributed by atoms with Crippen LogP contribution in [0.2, 0.25) is 0 Å². The van der Waals surface area contributed by atoms with Crippen LogP contribution in [-0.4, -0.2) is 26.7 Å². The van der Waals surface area contributed by atoms with Gasteiger partial charge in [-0.05, 0) is 48.2 Å². The Bertz CT molecular complexity index is 881. The van der Waals surface area contributed by atoms with Crippen molar-refractivity contribution in [3.8, 4) is 5.75 Å². The summed E-state index contributed by atoms with van der Waals surface area (Å²) >= 11 is 0. The standard InChI is InChI=1S/C20H25NO4S/c1-14(25-17-11-9-15(10-12-17)20(2,3)4)19(22)21-16-7-6-8-18(13-16)26(5,23)24/h6-14H,1-5H3,(H,21,22)/t14-/m0/s1. The molecule has 5 nitrogen and oxygen atoms in total. The van der Waals surface area contributed by atoms with E-state index in [1.54, 1.807) is 19.1 Å². The lowest BCUT2D eigenvalue weighted by atomic mass is 9.87. The molecule has 140 valence electrons. The summed E-state index contributed by atoms with van der Waals surface area (Å²) in [5.41, 5.74) is 1.64. The number of anilines is 1. The number of benzene rings is 2. The molecule has 0 radical (unpaired) electrons. The highest BCUT2D eigenvalue weighted by atomic mass is 32.2. The minimum atomic E-state index is -3.33. The van der Waals surface area contributed by atoms with Crippen molar-refractivity contribution in [2.24, 2.45) is 0 Å². The molecule has 0 spiro atoms. The Morgan fingerprint density at radius 2 is 1.69 bits per heavy atom. The largest absolute Gasteiger partial charge is 0.481 e. The molecule has 0 saturated carbocycles. The lowest BCUT2D eigenvalue weighted by Gasteiger charge is -2.20. The summed E-state index contributed by atoms with van der Waals surface area (Å²) in [6.45, 7) is 8.03. The van der Waals surface area contributed by atoms with Crippen molar-refractivity contribution in [1.29, 1.82) is 0 Å². The third-order valence-electron chi connectivity index (χ3n) is 3.93. The lowest BCUT2D eigenvalue weighted by molar-refractivity contribution is -0.122. The molecule has 0 aliphatic rings. The predicted octanol–water partition coefficient (Wildman–Crippen LogP) is 3.79. The number of carbonyl (C=O) groups excluding carboxylic acids is 1. The molecule has 1 atom stereocenters. The predicted molar refractivity (Wildman–Crippen MR) is 103 cm³/mol. The Hall–Kier alpha value is -2.34. The zero-order chi connectivity index (χ0) is 19.5. The Labute approximate surface area is 155 Å². The van der Waals surface area contributed by atoms with E-state index in [1.807, 2.05) is 24.3 Å². The van der Waals surface area contributed by atoms with Gasteiger partial charge in [-0.2, -0.15) is 0 Å². The minimum Gasteiger partial charge on any atom is -0.481 e. The van der Waals surface area contributed by atoms with Crippen LogP contribution in [0.4, 0.5) is 5.69 Å². The van der Waals surface area contributed by atoms with E-state index in [0.717, 1.165) is 6.26 Å². The maximum atomic E-state index is 12.3. The minimum absolute atomic E-state index is 0.0478. The maximum Gasteiger partial charge on any atom is 0.265 e. The van der Waals surface area contributed by atoms with Crippen LogP contribution in [0.1, 0.15) is 33.3 Å². The van der Waals surface area contributed by atoms with Gasteiger partial charge in [0, 0.05) is 11.9 Å². The van der Waals surface area contributed by atoms with Crippen molar-refractivity contribution in [2.45, 2.75) is 44.1 Å². The number of ether oxygens (including phenoxy) is 1. The highest BCUT2D eigenvalue weighted by Gasteiger charge is 2.17. The first-order valence-corrected chi connectivity index (χ1v) is 10.2. The summed E-state index contributed by atoms with van der Waals surface area (Å²) in [7, 11) is -3.33. The second-order valence-corrected chi connectivity index (χ2v) is 9.34. The second-order valence-electron chi connectivity index (χ2n) is 7.32. The number of hydrogen-bond acceptors (Lipinski definition) is 4. The average molecular weight is 375 g/mol. The molecular formula is C20H25NO4S. The van der Waals surface area contributed by atoms with E-state index in [4.69, 9.17) is 4.74 Å². The SMILES string of the molecule is C[C@H](Oc1ccc(C(C)(C)C)cc1)C(=O)Nc1cccc(S(C)(=O)=O)c1. The third-order valence-corrected chi connectivity index (χ3v) is 5.04. The van der Waals surface area contributed by atoms with Crippen molar-refractivity contribution >= 4 is 21.4 Å². The van der Waals surface area contributed by atoms with E-state index < -0.39 is 15.9 Å². The molecule has 26 heavy (non-hydrogen) atoms. The van der Waals surface area contributed by atoms with Crippen molar-refractivity contribution in [3.05, 3.63) is 54.1 Å². The van der Waals surface area contributed by atoms with Gasteiger partial charge in [-0.3, -0.25) is 4.79 Å². The van der Waals surface area contributed by atoms with Crippen molar-refractivity contribution in [1.82, 2.24) is 0 Å². The zero-order valence-corrected chi connectivity index (χ0v) is 16.6. The number of nitrogens with one attached hydrogen (secondary N) is 1. The van der Waals surface area contributed by atoms with E-state index >= 15 is 0 Å². The fraction of sp³-hybridized carbons (Fsp3) is 0.350. The van der Waals surface area contributed by atoms with Gasteiger partial charge in [-0.15, -0.1) is 0 Å². The summed E-state index contributed by atoms with van der Waals surface area (Å²) < 4.78 is 28.9. The molecule has 0 aliphatic carbocycles. The molecule has 0 bridgehead atoms. The monoisotopic (exact) mass is 375 g/mol. The molecule has 6 heteroatoms. The quantitative estimate of drug-likeness (QED) is 0.863. The van der Waals surface area contributed by atoms with E-state index in [0.29, 0.717) is 11.4 Å². The van der Waals surface area contributed by atoms with Crippen molar-refractivity contribution in [2.75, 3.05) is 11.6 Å². The third kappa shape index (κ3) is 5.33. The number of sulfone groups is 1. The molecular weight excluding hydrogens is 350 g/mol. The lowest BCUT2D eigenvalue weighted by Crippen LogP contribution is -2.30. The number of carbonyl (C=O) groups is 1. The van der Waals surface area contributed by atoms with Gasteiger partial charge in [0.2, 0.25) is 0 Å². The van der Waals surface area contributed by atoms with Gasteiger partial charge in [0.1, 0.15) is 5.75 Å². The molecule has 2 aromatic rings. The first-order chi connectivity index (χ1) is 12.0. The molecule has 2 rings (SSSR count). The van der Waals surface area contributed by atoms with Gasteiger partial charge in [0.25, 0.3) is 5.91 Å². The Balaban J connectivity index is 2.04. The first kappa shape index (κ1) is 20.0. The van der Waals surface area contributed by atoms with E-state index in [2.05, 4.69) is 26.1 Å². The normalized spacial score (nSPS) is 13.1. The van der Waals surface area contributed by atoms with Crippen LogP contribution in [-0.2, 0) is 20.0 Å². The van der Waals surface area contributed by atoms with Gasteiger partial charge in [-0.25, -0.2) is 8.42 Å². The summed E-state index contributed by atoms with van der Waals surface area (Å²) in [6, 6.07) is 13.8. The topological polar surface area (TPSA) is 72.5 Å². The summed E-state index contributed by atoms with van der Waals surface area (Å²) in [5.74, 6) is 0.251. The van der Waals surface area contributed by atoms with Crippen LogP contribution < -0.4 is 10.1 Å². The van der Waals surface area contributed by atoms with Crippen LogP contribution in [0.3, 0.4) is 0 Å². The first-order valence-electron chi connectivity index (χ1n) is 8.35.